The lowest BCUT2D eigenvalue weighted by Crippen LogP contribution is -2.45. The number of allylic oxidation sites excluding steroid dienone is 4. The van der Waals surface area contributed by atoms with Crippen LogP contribution in [0, 0.1) is 17.3 Å². The summed E-state index contributed by atoms with van der Waals surface area (Å²) in [6.45, 7) is 2.29. The number of fused-ring (bicyclic) bond motifs is 4. The number of carbonyl (C=O) groups is 1. The number of Topliss-reactive ketones (excluding diaryl/α,β-unsaturated/α-hetero) is 1. The van der Waals surface area contributed by atoms with E-state index in [2.05, 4.69) is 40.1 Å². The van der Waals surface area contributed by atoms with E-state index in [0.29, 0.717) is 18.3 Å². The maximum absolute atomic E-state index is 12.3. The number of nitrogens with zero attached hydrogens (tertiary/aromatic N) is 1. The van der Waals surface area contributed by atoms with Gasteiger partial charge in [-0.15, -0.1) is 0 Å². The molecule has 5 atom stereocenters. The molecule has 4 aliphatic carbocycles. The van der Waals surface area contributed by atoms with E-state index >= 15 is 0 Å². The molecular formula is C25H28BrNO3. The molecule has 2 N–H and O–H groups in total. The minimum absolute atomic E-state index is 0.0619. The first-order chi connectivity index (χ1) is 14.4. The fourth-order valence-corrected chi connectivity index (χ4v) is 7.50. The van der Waals surface area contributed by atoms with Crippen LogP contribution in [0.2, 0.25) is 0 Å². The third-order valence-corrected chi connectivity index (χ3v) is 9.26. The number of hydrogen-bond donors (Lipinski definition) is 2. The average molecular weight is 470 g/mol. The van der Waals surface area contributed by atoms with Crippen LogP contribution < -0.4 is 0 Å². The Morgan fingerprint density at radius 2 is 1.87 bits per heavy atom. The van der Waals surface area contributed by atoms with Gasteiger partial charge in [-0.05, 0) is 94.0 Å². The normalized spacial score (nSPS) is 36.2. The van der Waals surface area contributed by atoms with Gasteiger partial charge in [0.15, 0.2) is 5.78 Å². The number of oxime groups is 1. The first-order valence-electron chi connectivity index (χ1n) is 11.0. The Labute approximate surface area is 185 Å². The van der Waals surface area contributed by atoms with Crippen molar-refractivity contribution >= 4 is 27.9 Å². The number of aliphatic hydroxyl groups excluding tert-OH is 1. The van der Waals surface area contributed by atoms with E-state index in [-0.39, 0.29) is 23.2 Å². The molecular weight excluding hydrogens is 442 g/mol. The molecule has 1 aromatic rings. The predicted octanol–water partition coefficient (Wildman–Crippen LogP) is 5.48. The molecule has 0 bridgehead atoms. The zero-order valence-corrected chi connectivity index (χ0v) is 18.9. The van der Waals surface area contributed by atoms with Crippen molar-refractivity contribution in [3.8, 4) is 0 Å². The number of benzene rings is 1. The molecule has 0 aliphatic heterocycles. The summed E-state index contributed by atoms with van der Waals surface area (Å²) in [7, 11) is 0. The molecule has 4 nitrogen and oxygen atoms in total. The molecule has 0 aromatic heterocycles. The van der Waals surface area contributed by atoms with Crippen molar-refractivity contribution in [2.45, 2.75) is 63.9 Å². The van der Waals surface area contributed by atoms with Crippen molar-refractivity contribution < 1.29 is 15.1 Å². The number of carbonyl (C=O) groups excluding carboxylic acids is 1. The first kappa shape index (κ1) is 20.2. The molecule has 158 valence electrons. The summed E-state index contributed by atoms with van der Waals surface area (Å²) in [4.78, 5) is 12.3. The van der Waals surface area contributed by atoms with Gasteiger partial charge in [-0.2, -0.15) is 0 Å². The molecule has 4 aliphatic rings. The zero-order valence-electron chi connectivity index (χ0n) is 17.3. The van der Waals surface area contributed by atoms with Crippen LogP contribution in [0.25, 0.3) is 0 Å². The van der Waals surface area contributed by atoms with Crippen LogP contribution in [0.1, 0.15) is 68.9 Å². The average Bonchev–Trinajstić information content (AvgIpc) is 3.05. The van der Waals surface area contributed by atoms with Crippen molar-refractivity contribution in [2.24, 2.45) is 22.4 Å². The van der Waals surface area contributed by atoms with E-state index in [0.717, 1.165) is 48.6 Å². The van der Waals surface area contributed by atoms with E-state index in [1.165, 1.54) is 28.5 Å². The molecule has 0 saturated heterocycles. The summed E-state index contributed by atoms with van der Waals surface area (Å²) in [6.07, 6.45) is 7.58. The third kappa shape index (κ3) is 2.96. The summed E-state index contributed by atoms with van der Waals surface area (Å²) in [5.74, 6) is 1.48. The van der Waals surface area contributed by atoms with Crippen LogP contribution in [0.15, 0.2) is 50.6 Å². The number of rotatable bonds is 2. The summed E-state index contributed by atoms with van der Waals surface area (Å²) >= 11 is 3.61. The van der Waals surface area contributed by atoms with Crippen molar-refractivity contribution in [2.75, 3.05) is 0 Å². The fourth-order valence-electron chi connectivity index (χ4n) is 6.87. The van der Waals surface area contributed by atoms with Crippen molar-refractivity contribution in [3.63, 3.8) is 0 Å². The van der Waals surface area contributed by atoms with Gasteiger partial charge in [0.2, 0.25) is 0 Å². The monoisotopic (exact) mass is 469 g/mol. The van der Waals surface area contributed by atoms with Crippen LogP contribution >= 0.6 is 15.9 Å². The van der Waals surface area contributed by atoms with E-state index in [4.69, 9.17) is 5.21 Å². The predicted molar refractivity (Wildman–Crippen MR) is 120 cm³/mol. The highest BCUT2D eigenvalue weighted by molar-refractivity contribution is 9.12. The lowest BCUT2D eigenvalue weighted by molar-refractivity contribution is -0.115. The first-order valence-corrected chi connectivity index (χ1v) is 11.8. The van der Waals surface area contributed by atoms with Crippen LogP contribution in [0.3, 0.4) is 0 Å². The van der Waals surface area contributed by atoms with E-state index < -0.39 is 0 Å². The molecule has 0 spiro atoms. The Hall–Kier alpha value is -1.72. The van der Waals surface area contributed by atoms with Gasteiger partial charge in [-0.1, -0.05) is 41.9 Å². The summed E-state index contributed by atoms with van der Waals surface area (Å²) in [6, 6.07) is 8.26. The van der Waals surface area contributed by atoms with Gasteiger partial charge in [-0.25, -0.2) is 0 Å². The molecule has 0 amide bonds. The molecule has 2 saturated carbocycles. The van der Waals surface area contributed by atoms with E-state index in [1.54, 1.807) is 0 Å². The molecule has 2 unspecified atom stereocenters. The van der Waals surface area contributed by atoms with E-state index in [1.807, 2.05) is 12.1 Å². The highest BCUT2D eigenvalue weighted by atomic mass is 79.9. The maximum Gasteiger partial charge on any atom is 0.170 e. The summed E-state index contributed by atoms with van der Waals surface area (Å²) in [5.41, 5.74) is 6.23. The minimum atomic E-state index is -0.242. The number of halogens is 1. The smallest absolute Gasteiger partial charge is 0.170 e. The zero-order chi connectivity index (χ0) is 21.0. The van der Waals surface area contributed by atoms with Crippen molar-refractivity contribution in [3.05, 3.63) is 56.6 Å². The molecule has 30 heavy (non-hydrogen) atoms. The summed E-state index contributed by atoms with van der Waals surface area (Å²) in [5, 5.41) is 22.9. The largest absolute Gasteiger partial charge is 0.411 e. The minimum Gasteiger partial charge on any atom is -0.411 e. The lowest BCUT2D eigenvalue weighted by Gasteiger charge is -2.52. The SMILES string of the molecule is C[C@]12C[C@H](c3ccc(/C=N/O)cc3)C3=C4CCC(=O)C(Br)=C4CCC3C1CC[C@@H]2O. The number of hydrogen-bond acceptors (Lipinski definition) is 4. The maximum atomic E-state index is 12.3. The molecule has 2 fully saturated rings. The van der Waals surface area contributed by atoms with Gasteiger partial charge in [0.25, 0.3) is 0 Å². The Morgan fingerprint density at radius 1 is 1.10 bits per heavy atom. The number of ketones is 1. The second-order valence-electron chi connectivity index (χ2n) is 9.67. The van der Waals surface area contributed by atoms with Gasteiger partial charge in [-0.3, -0.25) is 4.79 Å². The molecule has 1 aromatic carbocycles. The Bertz CT molecular complexity index is 977. The fraction of sp³-hybridized carbons (Fsp3) is 0.520. The quantitative estimate of drug-likeness (QED) is 0.342. The standard InChI is InChI=1S/C25H28BrNO3/c1-25-12-19(15-4-2-14(3-5-15)13-27-30)23-16-8-10-21(28)24(26)17(16)6-7-18(23)20(25)9-11-22(25)29/h2-5,13,18-20,22,29-30H,6-12H2,1H3/b27-13+/t18?,19-,20?,22+,25+/m1/s1. The van der Waals surface area contributed by atoms with Crippen molar-refractivity contribution in [1.82, 2.24) is 0 Å². The van der Waals surface area contributed by atoms with Crippen LogP contribution in [0.4, 0.5) is 0 Å². The highest BCUT2D eigenvalue weighted by Crippen LogP contribution is 2.64. The Balaban J connectivity index is 1.67. The van der Waals surface area contributed by atoms with Gasteiger partial charge >= 0.3 is 0 Å². The van der Waals surface area contributed by atoms with Crippen LogP contribution in [-0.4, -0.2) is 28.4 Å². The topological polar surface area (TPSA) is 69.9 Å². The Kier molecular flexibility index (Phi) is 5.02. The Morgan fingerprint density at radius 3 is 2.60 bits per heavy atom. The second-order valence-corrected chi connectivity index (χ2v) is 10.5. The lowest BCUT2D eigenvalue weighted by atomic mass is 9.53. The van der Waals surface area contributed by atoms with Gasteiger partial charge < -0.3 is 10.3 Å². The molecule has 5 rings (SSSR count). The van der Waals surface area contributed by atoms with Crippen LogP contribution in [-0.2, 0) is 4.79 Å². The summed E-state index contributed by atoms with van der Waals surface area (Å²) < 4.78 is 0.794. The van der Waals surface area contributed by atoms with Gasteiger partial charge in [0.1, 0.15) is 0 Å². The van der Waals surface area contributed by atoms with Crippen LogP contribution in [0.5, 0.6) is 0 Å². The third-order valence-electron chi connectivity index (χ3n) is 8.34. The highest BCUT2D eigenvalue weighted by Gasteiger charge is 2.56. The van der Waals surface area contributed by atoms with Gasteiger partial charge in [0, 0.05) is 12.3 Å². The number of aliphatic hydroxyl groups is 1. The van der Waals surface area contributed by atoms with E-state index in [9.17, 15) is 9.90 Å². The van der Waals surface area contributed by atoms with Gasteiger partial charge in [0.05, 0.1) is 16.8 Å². The van der Waals surface area contributed by atoms with Crippen molar-refractivity contribution in [1.29, 1.82) is 0 Å². The molecule has 0 radical (unpaired) electrons. The molecule has 5 heteroatoms. The second kappa shape index (κ2) is 7.45. The molecule has 0 heterocycles.